The summed E-state index contributed by atoms with van der Waals surface area (Å²) in [4.78, 5) is 37.0. The summed E-state index contributed by atoms with van der Waals surface area (Å²) in [6.45, 7) is 6.58. The Hall–Kier alpha value is -4.13. The summed E-state index contributed by atoms with van der Waals surface area (Å²) in [5.41, 5.74) is 3.32. The van der Waals surface area contributed by atoms with Gasteiger partial charge in [0.2, 0.25) is 0 Å². The number of carboxylic acids is 1. The first-order valence-electron chi connectivity index (χ1n) is 13.4. The number of rotatable bonds is 14. The number of carbonyl (C=O) groups is 3. The van der Waals surface area contributed by atoms with Gasteiger partial charge in [-0.05, 0) is 73.9 Å². The number of carbonyl (C=O) groups excluding carboxylic acids is 2. The lowest BCUT2D eigenvalue weighted by atomic mass is 10.0. The lowest BCUT2D eigenvalue weighted by molar-refractivity contribution is -0.139. The molecule has 0 bridgehead atoms. The van der Waals surface area contributed by atoms with E-state index in [2.05, 4.69) is 12.2 Å². The molecule has 3 rings (SSSR count). The quantitative estimate of drug-likeness (QED) is 0.144. The molecule has 0 spiro atoms. The van der Waals surface area contributed by atoms with Gasteiger partial charge in [-0.3, -0.25) is 4.79 Å². The van der Waals surface area contributed by atoms with E-state index < -0.39 is 23.9 Å². The molecule has 3 aromatic rings. The number of unbranched alkanes of at least 4 members (excludes halogenated alkanes) is 4. The van der Waals surface area contributed by atoms with Crippen molar-refractivity contribution in [2.24, 2.45) is 0 Å². The van der Waals surface area contributed by atoms with E-state index in [0.717, 1.165) is 24.0 Å². The van der Waals surface area contributed by atoms with Gasteiger partial charge in [-0.15, -0.1) is 0 Å². The molecular weight excluding hydrogens is 494 g/mol. The highest BCUT2D eigenvalue weighted by Gasteiger charge is 2.22. The Morgan fingerprint density at radius 3 is 2.15 bits per heavy atom. The molecule has 1 unspecified atom stereocenters. The van der Waals surface area contributed by atoms with Crippen molar-refractivity contribution in [1.82, 2.24) is 5.32 Å². The van der Waals surface area contributed by atoms with Gasteiger partial charge in [-0.25, -0.2) is 9.59 Å². The van der Waals surface area contributed by atoms with Crippen LogP contribution in [-0.2, 0) is 11.2 Å². The van der Waals surface area contributed by atoms with Crippen molar-refractivity contribution >= 4 is 17.8 Å². The van der Waals surface area contributed by atoms with Crippen LogP contribution in [0.15, 0.2) is 66.7 Å². The molecule has 0 aliphatic carbocycles. The first-order valence-corrected chi connectivity index (χ1v) is 13.4. The zero-order valence-corrected chi connectivity index (χ0v) is 22.9. The third-order valence-electron chi connectivity index (χ3n) is 6.41. The van der Waals surface area contributed by atoms with E-state index in [1.54, 1.807) is 54.6 Å². The van der Waals surface area contributed by atoms with Crippen LogP contribution in [-0.4, -0.2) is 35.6 Å². The average Bonchev–Trinajstić information content (AvgIpc) is 2.91. The predicted octanol–water partition coefficient (Wildman–Crippen LogP) is 6.30. The SMILES string of the molecule is CCCCCCCOc1ccc(C(=O)Oc2ccc(CC(NC(=O)c3ccc(C)cc3C)C(=O)O)cc2)cc1. The van der Waals surface area contributed by atoms with Gasteiger partial charge in [0.05, 0.1) is 12.2 Å². The van der Waals surface area contributed by atoms with Crippen molar-refractivity contribution < 1.29 is 29.0 Å². The van der Waals surface area contributed by atoms with Crippen LogP contribution in [0, 0.1) is 13.8 Å². The Kier molecular flexibility index (Phi) is 11.1. The van der Waals surface area contributed by atoms with Gasteiger partial charge in [0.25, 0.3) is 5.91 Å². The smallest absolute Gasteiger partial charge is 0.343 e. The molecule has 0 radical (unpaired) electrons. The van der Waals surface area contributed by atoms with Gasteiger partial charge in [-0.2, -0.15) is 0 Å². The Balaban J connectivity index is 1.52. The third kappa shape index (κ3) is 9.28. The summed E-state index contributed by atoms with van der Waals surface area (Å²) in [6.07, 6.45) is 5.91. The largest absolute Gasteiger partial charge is 0.494 e. The molecule has 0 saturated carbocycles. The topological polar surface area (TPSA) is 102 Å². The van der Waals surface area contributed by atoms with Gasteiger partial charge in [0, 0.05) is 12.0 Å². The number of amides is 1. The maximum absolute atomic E-state index is 12.7. The van der Waals surface area contributed by atoms with Crippen LogP contribution in [0.3, 0.4) is 0 Å². The minimum atomic E-state index is -1.13. The highest BCUT2D eigenvalue weighted by molar-refractivity contribution is 5.98. The number of esters is 1. The van der Waals surface area contributed by atoms with E-state index in [1.165, 1.54) is 19.3 Å². The first kappa shape index (κ1) is 29.4. The van der Waals surface area contributed by atoms with E-state index in [-0.39, 0.29) is 6.42 Å². The van der Waals surface area contributed by atoms with Crippen LogP contribution >= 0.6 is 0 Å². The number of ether oxygens (including phenoxy) is 2. The molecule has 7 heteroatoms. The van der Waals surface area contributed by atoms with Gasteiger partial charge < -0.3 is 19.9 Å². The fourth-order valence-corrected chi connectivity index (χ4v) is 4.18. The summed E-state index contributed by atoms with van der Waals surface area (Å²) < 4.78 is 11.2. The maximum Gasteiger partial charge on any atom is 0.343 e. The zero-order valence-electron chi connectivity index (χ0n) is 22.9. The second-order valence-corrected chi connectivity index (χ2v) is 9.71. The third-order valence-corrected chi connectivity index (χ3v) is 6.41. The van der Waals surface area contributed by atoms with Crippen LogP contribution in [0.25, 0.3) is 0 Å². The van der Waals surface area contributed by atoms with Crippen molar-refractivity contribution in [2.75, 3.05) is 6.61 Å². The monoisotopic (exact) mass is 531 g/mol. The molecule has 1 amide bonds. The van der Waals surface area contributed by atoms with Crippen LogP contribution in [0.2, 0.25) is 0 Å². The fraction of sp³-hybridized carbons (Fsp3) is 0.344. The number of hydrogen-bond donors (Lipinski definition) is 2. The molecule has 0 heterocycles. The van der Waals surface area contributed by atoms with Gasteiger partial charge >= 0.3 is 11.9 Å². The molecule has 0 saturated heterocycles. The van der Waals surface area contributed by atoms with Gasteiger partial charge in [0.15, 0.2) is 0 Å². The molecule has 206 valence electrons. The Morgan fingerprint density at radius 1 is 0.846 bits per heavy atom. The molecule has 0 fully saturated rings. The lowest BCUT2D eigenvalue weighted by Gasteiger charge is -2.16. The van der Waals surface area contributed by atoms with Gasteiger partial charge in [-0.1, -0.05) is 62.4 Å². The lowest BCUT2D eigenvalue weighted by Crippen LogP contribution is -2.42. The first-order chi connectivity index (χ1) is 18.8. The van der Waals surface area contributed by atoms with Crippen LogP contribution in [0.5, 0.6) is 11.5 Å². The molecule has 2 N–H and O–H groups in total. The minimum Gasteiger partial charge on any atom is -0.494 e. The number of hydrogen-bond acceptors (Lipinski definition) is 5. The van der Waals surface area contributed by atoms with E-state index in [4.69, 9.17) is 9.47 Å². The molecule has 0 aliphatic heterocycles. The Bertz CT molecular complexity index is 1250. The van der Waals surface area contributed by atoms with E-state index in [0.29, 0.717) is 34.8 Å². The van der Waals surface area contributed by atoms with Gasteiger partial charge in [0.1, 0.15) is 17.5 Å². The normalized spacial score (nSPS) is 11.5. The molecule has 3 aromatic carbocycles. The van der Waals surface area contributed by atoms with Crippen molar-refractivity contribution in [2.45, 2.75) is 65.3 Å². The molecule has 0 aromatic heterocycles. The van der Waals surface area contributed by atoms with E-state index >= 15 is 0 Å². The Labute approximate surface area is 230 Å². The number of nitrogens with one attached hydrogen (secondary N) is 1. The molecule has 7 nitrogen and oxygen atoms in total. The second kappa shape index (κ2) is 14.7. The summed E-state index contributed by atoms with van der Waals surface area (Å²) in [5.74, 6) is -1.02. The van der Waals surface area contributed by atoms with E-state index in [1.807, 2.05) is 26.0 Å². The maximum atomic E-state index is 12.7. The minimum absolute atomic E-state index is 0.0836. The van der Waals surface area contributed by atoms with Crippen molar-refractivity contribution in [3.63, 3.8) is 0 Å². The zero-order chi connectivity index (χ0) is 28.2. The number of aryl methyl sites for hydroxylation is 2. The second-order valence-electron chi connectivity index (χ2n) is 9.71. The summed E-state index contributed by atoms with van der Waals surface area (Å²) in [5, 5.41) is 12.3. The highest BCUT2D eigenvalue weighted by atomic mass is 16.5. The summed E-state index contributed by atoms with van der Waals surface area (Å²) >= 11 is 0. The number of aliphatic carboxylic acids is 1. The standard InChI is InChI=1S/C32H37NO6/c1-4-5-6-7-8-19-38-26-16-12-25(13-17-26)32(37)39-27-14-10-24(11-15-27)21-29(31(35)36)33-30(34)28-18-9-22(2)20-23(28)3/h9-18,20,29H,4-8,19,21H2,1-3H3,(H,33,34)(H,35,36). The fourth-order valence-electron chi connectivity index (χ4n) is 4.18. The number of carboxylic acid groups (broad SMARTS) is 1. The van der Waals surface area contributed by atoms with Crippen molar-refractivity contribution in [3.05, 3.63) is 94.5 Å². The predicted molar refractivity (Wildman–Crippen MR) is 151 cm³/mol. The molecule has 39 heavy (non-hydrogen) atoms. The Morgan fingerprint density at radius 2 is 1.51 bits per heavy atom. The average molecular weight is 532 g/mol. The van der Waals surface area contributed by atoms with E-state index in [9.17, 15) is 19.5 Å². The summed E-state index contributed by atoms with van der Waals surface area (Å²) in [7, 11) is 0. The summed E-state index contributed by atoms with van der Waals surface area (Å²) in [6, 6.07) is 17.7. The van der Waals surface area contributed by atoms with Crippen LogP contribution in [0.1, 0.15) is 76.4 Å². The molecule has 1 atom stereocenters. The highest BCUT2D eigenvalue weighted by Crippen LogP contribution is 2.18. The van der Waals surface area contributed by atoms with Crippen molar-refractivity contribution in [1.29, 1.82) is 0 Å². The molecule has 0 aliphatic rings. The molecular formula is C32H37NO6. The van der Waals surface area contributed by atoms with Crippen LogP contribution < -0.4 is 14.8 Å². The number of benzene rings is 3. The van der Waals surface area contributed by atoms with Crippen LogP contribution in [0.4, 0.5) is 0 Å². The van der Waals surface area contributed by atoms with Crippen molar-refractivity contribution in [3.8, 4) is 11.5 Å².